The Bertz CT molecular complexity index is 746. The molecule has 4 atom stereocenters. The van der Waals surface area contributed by atoms with E-state index in [-0.39, 0.29) is 24.1 Å². The van der Waals surface area contributed by atoms with Crippen molar-refractivity contribution in [2.45, 2.75) is 25.9 Å². The number of nitrogens with zero attached hydrogens (tertiary/aromatic N) is 1. The molecule has 0 bridgehead atoms. The minimum Gasteiger partial charge on any atom is -0.391 e. The number of anilines is 1. The van der Waals surface area contributed by atoms with Gasteiger partial charge in [-0.15, -0.1) is 0 Å². The molecule has 0 unspecified atom stereocenters. The van der Waals surface area contributed by atoms with Crippen molar-refractivity contribution in [3.05, 3.63) is 29.8 Å². The Balaban J connectivity index is 1.66. The normalized spacial score (nSPS) is 34.8. The van der Waals surface area contributed by atoms with E-state index in [9.17, 15) is 19.5 Å². The maximum absolute atomic E-state index is 13.0. The fourth-order valence-electron chi connectivity index (χ4n) is 4.26. The number of hydrogen-bond acceptors (Lipinski definition) is 4. The molecule has 1 aliphatic carbocycles. The molecule has 24 heavy (non-hydrogen) atoms. The van der Waals surface area contributed by atoms with Gasteiger partial charge in [-0.25, -0.2) is 0 Å². The van der Waals surface area contributed by atoms with Gasteiger partial charge in [-0.3, -0.25) is 14.4 Å². The lowest BCUT2D eigenvalue weighted by Gasteiger charge is -2.30. The van der Waals surface area contributed by atoms with Crippen LogP contribution in [0, 0.1) is 17.3 Å². The van der Waals surface area contributed by atoms with E-state index in [2.05, 4.69) is 5.32 Å². The van der Waals surface area contributed by atoms with Crippen LogP contribution in [0.25, 0.3) is 0 Å². The number of aliphatic hydroxyl groups excluding tert-OH is 1. The zero-order valence-electron chi connectivity index (χ0n) is 13.5. The number of carbonyl (C=O) groups is 3. The van der Waals surface area contributed by atoms with E-state index >= 15 is 0 Å². The number of β-amino-alcohol motifs (C(OH)–C–C–N with tert-alkyl or cyclic N) is 1. The molecule has 1 saturated carbocycles. The summed E-state index contributed by atoms with van der Waals surface area (Å²) in [6, 6.07) is 6.92. The molecule has 6 heteroatoms. The second kappa shape index (κ2) is 5.14. The third kappa shape index (κ3) is 2.02. The van der Waals surface area contributed by atoms with Crippen molar-refractivity contribution in [1.29, 1.82) is 0 Å². The third-order valence-electron chi connectivity index (χ3n) is 5.69. The van der Waals surface area contributed by atoms with Crippen LogP contribution in [0.15, 0.2) is 24.3 Å². The zero-order chi connectivity index (χ0) is 17.1. The lowest BCUT2D eigenvalue weighted by molar-refractivity contribution is -0.137. The number of hydrogen-bond donors (Lipinski definition) is 2. The van der Waals surface area contributed by atoms with Crippen LogP contribution in [0.4, 0.5) is 5.69 Å². The molecule has 2 N–H and O–H groups in total. The molecule has 2 fully saturated rings. The topological polar surface area (TPSA) is 86.7 Å². The highest BCUT2D eigenvalue weighted by Crippen LogP contribution is 2.62. The number of benzene rings is 1. The molecule has 0 aromatic heterocycles. The lowest BCUT2D eigenvalue weighted by atomic mass is 9.92. The molecular weight excluding hydrogens is 308 g/mol. The third-order valence-corrected chi connectivity index (χ3v) is 5.69. The maximum Gasteiger partial charge on any atom is 0.229 e. The molecule has 126 valence electrons. The van der Waals surface area contributed by atoms with Crippen LogP contribution in [0.2, 0.25) is 0 Å². The van der Waals surface area contributed by atoms with E-state index < -0.39 is 23.4 Å². The van der Waals surface area contributed by atoms with Crippen molar-refractivity contribution in [3.8, 4) is 0 Å². The summed E-state index contributed by atoms with van der Waals surface area (Å²) in [5.41, 5.74) is -0.0127. The van der Waals surface area contributed by atoms with Gasteiger partial charge in [0.1, 0.15) is 0 Å². The zero-order valence-corrected chi connectivity index (χ0v) is 13.5. The molecule has 2 aliphatic heterocycles. The van der Waals surface area contributed by atoms with Gasteiger partial charge in [0.2, 0.25) is 11.8 Å². The Morgan fingerprint density at radius 1 is 1.33 bits per heavy atom. The van der Waals surface area contributed by atoms with E-state index in [4.69, 9.17) is 0 Å². The van der Waals surface area contributed by atoms with Crippen molar-refractivity contribution < 1.29 is 19.5 Å². The molecule has 0 spiro atoms. The van der Waals surface area contributed by atoms with Gasteiger partial charge in [-0.05, 0) is 25.0 Å². The SMILES string of the molecule is C[C@]12C(=O)c3ccccc3NC(=O)[C@@H]1[C@H]2C(=O)N1CCC[C@H](O)C1. The molecule has 6 nitrogen and oxygen atoms in total. The van der Waals surface area contributed by atoms with Gasteiger partial charge < -0.3 is 15.3 Å². The molecule has 1 saturated heterocycles. The summed E-state index contributed by atoms with van der Waals surface area (Å²) in [7, 11) is 0. The number of ketones is 1. The number of rotatable bonds is 1. The van der Waals surface area contributed by atoms with Crippen LogP contribution in [-0.4, -0.2) is 46.8 Å². The van der Waals surface area contributed by atoms with Gasteiger partial charge in [0, 0.05) is 18.7 Å². The number of amides is 2. The number of Topliss-reactive ketones (excluding diaryl/α,β-unsaturated/α-hetero) is 1. The number of nitrogens with one attached hydrogen (secondary N) is 1. The summed E-state index contributed by atoms with van der Waals surface area (Å²) in [5, 5.41) is 12.6. The number of fused-ring (bicyclic) bond motifs is 2. The summed E-state index contributed by atoms with van der Waals surface area (Å²) < 4.78 is 0. The average molecular weight is 328 g/mol. The molecule has 2 amide bonds. The number of para-hydroxylation sites is 1. The monoisotopic (exact) mass is 328 g/mol. The summed E-state index contributed by atoms with van der Waals surface area (Å²) in [6.45, 7) is 2.57. The Labute approximate surface area is 139 Å². The second-order valence-corrected chi connectivity index (χ2v) is 7.18. The Kier molecular flexibility index (Phi) is 3.28. The van der Waals surface area contributed by atoms with Crippen LogP contribution in [0.3, 0.4) is 0 Å². The molecule has 2 heterocycles. The fraction of sp³-hybridized carbons (Fsp3) is 0.500. The van der Waals surface area contributed by atoms with Crippen molar-refractivity contribution >= 4 is 23.3 Å². The fourth-order valence-corrected chi connectivity index (χ4v) is 4.26. The number of aliphatic hydroxyl groups is 1. The molecule has 4 rings (SSSR count). The van der Waals surface area contributed by atoms with Crippen LogP contribution in [0.1, 0.15) is 30.1 Å². The van der Waals surface area contributed by atoms with Gasteiger partial charge in [-0.2, -0.15) is 0 Å². The smallest absolute Gasteiger partial charge is 0.229 e. The minimum atomic E-state index is -0.990. The largest absolute Gasteiger partial charge is 0.391 e. The molecular formula is C18H20N2O4. The van der Waals surface area contributed by atoms with Gasteiger partial charge in [0.15, 0.2) is 5.78 Å². The van der Waals surface area contributed by atoms with Crippen molar-refractivity contribution in [2.75, 3.05) is 18.4 Å². The first-order chi connectivity index (χ1) is 11.4. The first kappa shape index (κ1) is 15.3. The maximum atomic E-state index is 13.0. The Hall–Kier alpha value is -2.21. The molecule has 0 radical (unpaired) electrons. The van der Waals surface area contributed by atoms with Crippen molar-refractivity contribution in [1.82, 2.24) is 4.90 Å². The van der Waals surface area contributed by atoms with Gasteiger partial charge in [0.05, 0.1) is 29.0 Å². The van der Waals surface area contributed by atoms with Crippen LogP contribution in [-0.2, 0) is 9.59 Å². The van der Waals surface area contributed by atoms with E-state index in [0.717, 1.165) is 6.42 Å². The van der Waals surface area contributed by atoms with E-state index in [1.54, 1.807) is 36.1 Å². The van der Waals surface area contributed by atoms with Gasteiger partial charge >= 0.3 is 0 Å². The molecule has 1 aromatic carbocycles. The summed E-state index contributed by atoms with van der Waals surface area (Å²) in [5.74, 6) is -1.89. The summed E-state index contributed by atoms with van der Waals surface area (Å²) in [6.07, 6.45) is 0.899. The Morgan fingerprint density at radius 3 is 2.83 bits per heavy atom. The highest BCUT2D eigenvalue weighted by atomic mass is 16.3. The lowest BCUT2D eigenvalue weighted by Crippen LogP contribution is -2.44. The van der Waals surface area contributed by atoms with E-state index in [1.165, 1.54) is 0 Å². The summed E-state index contributed by atoms with van der Waals surface area (Å²) >= 11 is 0. The van der Waals surface area contributed by atoms with Crippen LogP contribution in [0.5, 0.6) is 0 Å². The quantitative estimate of drug-likeness (QED) is 0.807. The predicted octanol–water partition coefficient (Wildman–Crippen LogP) is 1.06. The molecule has 3 aliphatic rings. The van der Waals surface area contributed by atoms with Gasteiger partial charge in [-0.1, -0.05) is 19.1 Å². The predicted molar refractivity (Wildman–Crippen MR) is 86.3 cm³/mol. The van der Waals surface area contributed by atoms with Gasteiger partial charge in [0.25, 0.3) is 0 Å². The standard InChI is InChI=1S/C18H20N2O4/c1-18-13(14(18)17(24)20-8-4-5-10(21)9-20)16(23)19-12-7-3-2-6-11(12)15(18)22/h2-3,6-7,10,13-14,21H,4-5,8-9H2,1H3,(H,19,23)/t10-,13-,14-,18-/m0/s1. The Morgan fingerprint density at radius 2 is 2.08 bits per heavy atom. The first-order valence-electron chi connectivity index (χ1n) is 8.36. The second-order valence-electron chi connectivity index (χ2n) is 7.18. The van der Waals surface area contributed by atoms with E-state index in [1.807, 2.05) is 0 Å². The molecule has 1 aromatic rings. The van der Waals surface area contributed by atoms with Crippen molar-refractivity contribution in [3.63, 3.8) is 0 Å². The highest BCUT2D eigenvalue weighted by molar-refractivity contribution is 6.19. The minimum absolute atomic E-state index is 0.155. The van der Waals surface area contributed by atoms with Crippen LogP contribution >= 0.6 is 0 Å². The van der Waals surface area contributed by atoms with Crippen LogP contribution < -0.4 is 5.32 Å². The first-order valence-corrected chi connectivity index (χ1v) is 8.36. The number of piperidine rings is 1. The van der Waals surface area contributed by atoms with Crippen molar-refractivity contribution in [2.24, 2.45) is 17.3 Å². The summed E-state index contributed by atoms with van der Waals surface area (Å²) in [4.78, 5) is 40.0. The number of carbonyl (C=O) groups excluding carboxylic acids is 3. The number of likely N-dealkylation sites (tertiary alicyclic amines) is 1. The average Bonchev–Trinajstić information content (AvgIpc) is 3.22. The van der Waals surface area contributed by atoms with E-state index in [0.29, 0.717) is 24.2 Å². The highest BCUT2D eigenvalue weighted by Gasteiger charge is 2.73.